The van der Waals surface area contributed by atoms with E-state index in [-0.39, 0.29) is 66.1 Å². The lowest BCUT2D eigenvalue weighted by molar-refractivity contribution is -0.398. The van der Waals surface area contributed by atoms with Crippen LogP contribution in [0.4, 0.5) is 0 Å². The lowest BCUT2D eigenvalue weighted by Crippen LogP contribution is -2.65. The van der Waals surface area contributed by atoms with Gasteiger partial charge in [-0.25, -0.2) is 4.79 Å². The monoisotopic (exact) mass is 976 g/mol. The van der Waals surface area contributed by atoms with Gasteiger partial charge in [0.05, 0.1) is 52.9 Å². The molecule has 6 aromatic carbocycles. The molecule has 0 N–H and O–H groups in total. The predicted octanol–water partition coefficient (Wildman–Crippen LogP) is 9.90. The first-order valence-electron chi connectivity index (χ1n) is 24.4. The molecule has 6 aromatic rings. The van der Waals surface area contributed by atoms with Gasteiger partial charge in [0.15, 0.2) is 6.29 Å². The van der Waals surface area contributed by atoms with Gasteiger partial charge >= 0.3 is 5.97 Å². The first-order valence-corrected chi connectivity index (χ1v) is 24.4. The molecule has 0 saturated carbocycles. The zero-order chi connectivity index (χ0) is 49.6. The molecule has 9 atom stereocenters. The molecule has 0 amide bonds. The SMILES string of the molecule is C=CCOC[C@H]1O[C@H](O[C@]2(COCc3ccccc3)O[C@H](COC(=O)C=C)[C@@H](OCc3ccccc3)[C@@H]2OCc2ccccc2)[C@H](OCc2ccccc2)[C@@H](OCc2ccccc2)[C@@H]1OCc1ccccc1. The van der Waals surface area contributed by atoms with Gasteiger partial charge in [0.2, 0.25) is 5.79 Å². The van der Waals surface area contributed by atoms with Gasteiger partial charge in [-0.05, 0) is 33.4 Å². The number of ether oxygens (including phenoxy) is 11. The van der Waals surface area contributed by atoms with Crippen molar-refractivity contribution in [1.82, 2.24) is 0 Å². The van der Waals surface area contributed by atoms with E-state index >= 15 is 0 Å². The van der Waals surface area contributed by atoms with Crippen LogP contribution in [0.15, 0.2) is 207 Å². The molecule has 72 heavy (non-hydrogen) atoms. The van der Waals surface area contributed by atoms with E-state index < -0.39 is 60.8 Å². The molecule has 2 aliphatic rings. The Kier molecular flexibility index (Phi) is 20.0. The molecule has 12 nitrogen and oxygen atoms in total. The summed E-state index contributed by atoms with van der Waals surface area (Å²) < 4.78 is 75.2. The van der Waals surface area contributed by atoms with Crippen molar-refractivity contribution >= 4 is 5.97 Å². The molecule has 2 fully saturated rings. The van der Waals surface area contributed by atoms with Crippen molar-refractivity contribution < 1.29 is 56.9 Å². The quantitative estimate of drug-likeness (QED) is 0.0202. The number of hydrogen-bond acceptors (Lipinski definition) is 12. The summed E-state index contributed by atoms with van der Waals surface area (Å²) in [5.74, 6) is -2.45. The maximum absolute atomic E-state index is 12.8. The molecule has 0 unspecified atom stereocenters. The van der Waals surface area contributed by atoms with Gasteiger partial charge in [0.25, 0.3) is 0 Å². The van der Waals surface area contributed by atoms with Crippen molar-refractivity contribution in [2.24, 2.45) is 0 Å². The van der Waals surface area contributed by atoms with Gasteiger partial charge in [-0.3, -0.25) is 0 Å². The average Bonchev–Trinajstić information content (AvgIpc) is 3.72. The van der Waals surface area contributed by atoms with E-state index in [4.69, 9.17) is 52.1 Å². The fraction of sp³-hybridized carbons (Fsp3) is 0.317. The normalized spacial score (nSPS) is 23.8. The maximum atomic E-state index is 12.8. The largest absolute Gasteiger partial charge is 0.460 e. The fourth-order valence-electron chi connectivity index (χ4n) is 8.70. The van der Waals surface area contributed by atoms with Crippen LogP contribution in [0.3, 0.4) is 0 Å². The van der Waals surface area contributed by atoms with Gasteiger partial charge in [0, 0.05) is 6.08 Å². The van der Waals surface area contributed by atoms with E-state index in [1.807, 2.05) is 182 Å². The summed E-state index contributed by atoms with van der Waals surface area (Å²) in [4.78, 5) is 12.8. The fourth-order valence-corrected chi connectivity index (χ4v) is 8.70. The molecule has 2 heterocycles. The minimum atomic E-state index is -1.82. The first kappa shape index (κ1) is 52.2. The molecule has 2 aliphatic heterocycles. The smallest absolute Gasteiger partial charge is 0.330 e. The number of benzene rings is 6. The topological polar surface area (TPSA) is 119 Å². The molecule has 8 rings (SSSR count). The van der Waals surface area contributed by atoms with Gasteiger partial charge < -0.3 is 52.1 Å². The molecule has 0 spiro atoms. The molecule has 12 heteroatoms. The summed E-state index contributed by atoms with van der Waals surface area (Å²) in [6, 6.07) is 59.1. The Morgan fingerprint density at radius 1 is 0.472 bits per heavy atom. The Hall–Kier alpha value is -6.13. The van der Waals surface area contributed by atoms with E-state index in [9.17, 15) is 4.79 Å². The molecule has 0 aromatic heterocycles. The third-order valence-electron chi connectivity index (χ3n) is 12.3. The van der Waals surface area contributed by atoms with E-state index in [1.54, 1.807) is 6.08 Å². The average molecular weight is 977 g/mol. The van der Waals surface area contributed by atoms with Gasteiger partial charge in [-0.2, -0.15) is 0 Å². The second-order valence-corrected chi connectivity index (χ2v) is 17.5. The van der Waals surface area contributed by atoms with E-state index in [1.165, 1.54) is 0 Å². The maximum Gasteiger partial charge on any atom is 0.330 e. The molecule has 376 valence electrons. The van der Waals surface area contributed by atoms with Gasteiger partial charge in [-0.15, -0.1) is 6.58 Å². The van der Waals surface area contributed by atoms with Gasteiger partial charge in [0.1, 0.15) is 55.9 Å². The summed E-state index contributed by atoms with van der Waals surface area (Å²) in [7, 11) is 0. The van der Waals surface area contributed by atoms with E-state index in [0.29, 0.717) is 0 Å². The summed E-state index contributed by atoms with van der Waals surface area (Å²) in [5.41, 5.74) is 5.54. The second-order valence-electron chi connectivity index (χ2n) is 17.5. The van der Waals surface area contributed by atoms with Crippen LogP contribution in [0, 0.1) is 0 Å². The van der Waals surface area contributed by atoms with Gasteiger partial charge in [-0.1, -0.05) is 195 Å². The highest BCUT2D eigenvalue weighted by atomic mass is 16.8. The van der Waals surface area contributed by atoms with Crippen LogP contribution >= 0.6 is 0 Å². The summed E-state index contributed by atoms with van der Waals surface area (Å²) >= 11 is 0. The van der Waals surface area contributed by atoms with Crippen LogP contribution in [0.2, 0.25) is 0 Å². The Morgan fingerprint density at radius 3 is 1.35 bits per heavy atom. The van der Waals surface area contributed by atoms with Crippen LogP contribution in [0.25, 0.3) is 0 Å². The zero-order valence-corrected chi connectivity index (χ0v) is 40.5. The number of carbonyl (C=O) groups is 1. The standard InChI is InChI=1S/C60H64O12/c1-3-35-62-42-51-54(65-37-46-25-13-6-14-26-46)56(67-39-48-29-17-8-18-30-48)57(68-40-49-31-19-9-20-32-49)59(70-51)72-60(44-63-36-45-23-11-5-12-24-45)58(69-41-50-33-21-10-22-34-50)55(52(71-60)43-64-53(61)4-2)66-38-47-27-15-7-16-28-47/h3-34,51-52,54-59H,1-2,35-44H2/t51-,52-,54-,55-,56+,57-,58+,59-,60+/m1/s1. The highest BCUT2D eigenvalue weighted by molar-refractivity contribution is 5.81. The van der Waals surface area contributed by atoms with Crippen LogP contribution in [-0.2, 0) is 96.5 Å². The number of hydrogen-bond donors (Lipinski definition) is 0. The molecule has 0 bridgehead atoms. The van der Waals surface area contributed by atoms with Crippen molar-refractivity contribution in [3.63, 3.8) is 0 Å². The summed E-state index contributed by atoms with van der Waals surface area (Å²) in [6.45, 7) is 8.57. The lowest BCUT2D eigenvalue weighted by atomic mass is 9.97. The van der Waals surface area contributed by atoms with Crippen molar-refractivity contribution in [2.75, 3.05) is 26.4 Å². The van der Waals surface area contributed by atoms with Crippen LogP contribution < -0.4 is 0 Å². The summed E-state index contributed by atoms with van der Waals surface area (Å²) in [6.07, 6.45) is -4.65. The third kappa shape index (κ3) is 15.0. The number of carbonyl (C=O) groups excluding carboxylic acids is 1. The molecule has 2 saturated heterocycles. The highest BCUT2D eigenvalue weighted by Crippen LogP contribution is 2.42. The molecule has 0 radical (unpaired) electrons. The van der Waals surface area contributed by atoms with Crippen molar-refractivity contribution in [1.29, 1.82) is 0 Å². The Labute approximate surface area is 422 Å². The second kappa shape index (κ2) is 27.6. The zero-order valence-electron chi connectivity index (χ0n) is 40.5. The van der Waals surface area contributed by atoms with Crippen molar-refractivity contribution in [3.8, 4) is 0 Å². The minimum absolute atomic E-state index is 0.0805. The minimum Gasteiger partial charge on any atom is -0.460 e. The van der Waals surface area contributed by atoms with E-state index in [0.717, 1.165) is 39.5 Å². The van der Waals surface area contributed by atoms with Crippen LogP contribution in [0.5, 0.6) is 0 Å². The summed E-state index contributed by atoms with van der Waals surface area (Å²) in [5, 5.41) is 0. The van der Waals surface area contributed by atoms with E-state index in [2.05, 4.69) is 13.2 Å². The highest BCUT2D eigenvalue weighted by Gasteiger charge is 2.62. The lowest BCUT2D eigenvalue weighted by Gasteiger charge is -2.48. The molecular formula is C60H64O12. The third-order valence-corrected chi connectivity index (χ3v) is 12.3. The van der Waals surface area contributed by atoms with Crippen molar-refractivity contribution in [3.05, 3.63) is 241 Å². The Morgan fingerprint density at radius 2 is 0.889 bits per heavy atom. The van der Waals surface area contributed by atoms with Crippen LogP contribution in [-0.4, -0.2) is 87.2 Å². The molecule has 0 aliphatic carbocycles. The first-order chi connectivity index (χ1) is 35.5. The predicted molar refractivity (Wildman–Crippen MR) is 271 cm³/mol. The van der Waals surface area contributed by atoms with Crippen LogP contribution in [0.1, 0.15) is 33.4 Å². The Bertz CT molecular complexity index is 2480. The van der Waals surface area contributed by atoms with Crippen molar-refractivity contribution in [2.45, 2.75) is 94.4 Å². The number of rotatable bonds is 28. The molecular weight excluding hydrogens is 913 g/mol. The number of esters is 1. The Balaban J connectivity index is 1.23.